The number of hydrogen-bond donors (Lipinski definition) is 2. The highest BCUT2D eigenvalue weighted by molar-refractivity contribution is 6.30. The fourth-order valence-corrected chi connectivity index (χ4v) is 3.87. The van der Waals surface area contributed by atoms with Crippen LogP contribution in [0.4, 0.5) is 4.39 Å². The van der Waals surface area contributed by atoms with E-state index in [0.29, 0.717) is 13.1 Å². The minimum Gasteiger partial charge on any atom is -0.494 e. The molecule has 0 spiro atoms. The number of hydrogen-bond acceptors (Lipinski definition) is 2. The average Bonchev–Trinajstić information content (AvgIpc) is 2.70. The predicted octanol–water partition coefficient (Wildman–Crippen LogP) is 0.430. The number of nitrogens with one attached hydrogen (secondary N) is 2. The molecule has 0 aliphatic carbocycles. The monoisotopic (exact) mass is 421 g/mol. The summed E-state index contributed by atoms with van der Waals surface area (Å²) in [6, 6.07) is 12.9. The van der Waals surface area contributed by atoms with Crippen LogP contribution in [0.3, 0.4) is 0 Å². The molecule has 5 nitrogen and oxygen atoms in total. The van der Waals surface area contributed by atoms with Gasteiger partial charge in [-0.2, -0.15) is 0 Å². The summed E-state index contributed by atoms with van der Waals surface area (Å²) in [4.78, 5) is 17.1. The van der Waals surface area contributed by atoms with Gasteiger partial charge >= 0.3 is 0 Å². The number of amides is 1. The van der Waals surface area contributed by atoms with Crippen LogP contribution in [0.2, 0.25) is 5.02 Å². The highest BCUT2D eigenvalue weighted by atomic mass is 35.5. The average molecular weight is 422 g/mol. The molecule has 1 atom stereocenters. The Bertz CT molecular complexity index is 823. The van der Waals surface area contributed by atoms with Crippen molar-refractivity contribution in [1.82, 2.24) is 4.90 Å². The van der Waals surface area contributed by atoms with Crippen LogP contribution >= 0.6 is 11.6 Å². The van der Waals surface area contributed by atoms with Crippen molar-refractivity contribution in [2.24, 2.45) is 0 Å². The third-order valence-electron chi connectivity index (χ3n) is 5.37. The predicted molar refractivity (Wildman–Crippen MR) is 111 cm³/mol. The van der Waals surface area contributed by atoms with E-state index in [1.165, 1.54) is 23.6 Å². The van der Waals surface area contributed by atoms with Crippen molar-refractivity contribution in [3.05, 3.63) is 64.4 Å². The summed E-state index contributed by atoms with van der Waals surface area (Å²) in [6.45, 7) is 5.37. The summed E-state index contributed by atoms with van der Waals surface area (Å²) in [5, 5.41) is 0.753. The van der Waals surface area contributed by atoms with Crippen molar-refractivity contribution in [3.63, 3.8) is 0 Å². The van der Waals surface area contributed by atoms with E-state index in [9.17, 15) is 9.18 Å². The lowest BCUT2D eigenvalue weighted by atomic mass is 10.2. The molecule has 1 saturated heterocycles. The maximum Gasteiger partial charge on any atom is 0.278 e. The van der Waals surface area contributed by atoms with Gasteiger partial charge in [0.05, 0.1) is 40.3 Å². The third kappa shape index (κ3) is 6.16. The van der Waals surface area contributed by atoms with Crippen LogP contribution in [0.15, 0.2) is 42.5 Å². The number of rotatable bonds is 7. The topological polar surface area (TPSA) is 38.4 Å². The maximum absolute atomic E-state index is 13.8. The highest BCUT2D eigenvalue weighted by Crippen LogP contribution is 2.17. The zero-order chi connectivity index (χ0) is 20.8. The van der Waals surface area contributed by atoms with Gasteiger partial charge in [-0.05, 0) is 30.3 Å². The van der Waals surface area contributed by atoms with Crippen LogP contribution in [0.1, 0.15) is 11.1 Å². The standard InChI is InChI=1S/C22H27ClFN3O2/c1-25(14-18-5-8-21(29-2)20(24)13-18)16-22(28)27-11-9-26(10-12-27)15-17-3-6-19(23)7-4-17/h3-8,13H,9-12,14-16H2,1-2H3/p+2. The lowest BCUT2D eigenvalue weighted by molar-refractivity contribution is -0.918. The molecule has 0 saturated carbocycles. The Morgan fingerprint density at radius 3 is 2.45 bits per heavy atom. The van der Waals surface area contributed by atoms with Crippen molar-refractivity contribution in [3.8, 4) is 5.75 Å². The van der Waals surface area contributed by atoms with Crippen molar-refractivity contribution in [1.29, 1.82) is 0 Å². The molecule has 0 radical (unpaired) electrons. The van der Waals surface area contributed by atoms with E-state index >= 15 is 0 Å². The molecule has 0 bridgehead atoms. The van der Waals surface area contributed by atoms with Crippen LogP contribution < -0.4 is 14.5 Å². The number of piperazine rings is 1. The summed E-state index contributed by atoms with van der Waals surface area (Å²) in [7, 11) is 3.41. The molecule has 29 heavy (non-hydrogen) atoms. The van der Waals surface area contributed by atoms with E-state index in [1.54, 1.807) is 6.07 Å². The number of quaternary nitrogens is 2. The summed E-state index contributed by atoms with van der Waals surface area (Å²) < 4.78 is 18.8. The summed E-state index contributed by atoms with van der Waals surface area (Å²) in [5.74, 6) is 0.0207. The Balaban J connectivity index is 1.44. The number of ether oxygens (including phenoxy) is 1. The van der Waals surface area contributed by atoms with Gasteiger partial charge in [0.2, 0.25) is 0 Å². The van der Waals surface area contributed by atoms with Crippen LogP contribution in [0.25, 0.3) is 0 Å². The first-order chi connectivity index (χ1) is 13.9. The quantitative estimate of drug-likeness (QED) is 0.680. The molecule has 1 fully saturated rings. The molecule has 0 aromatic heterocycles. The van der Waals surface area contributed by atoms with E-state index in [4.69, 9.17) is 16.3 Å². The Kier molecular flexibility index (Phi) is 7.47. The fourth-order valence-electron chi connectivity index (χ4n) is 3.74. The summed E-state index contributed by atoms with van der Waals surface area (Å²) >= 11 is 5.95. The van der Waals surface area contributed by atoms with Gasteiger partial charge in [0.25, 0.3) is 5.91 Å². The number of carbonyl (C=O) groups is 1. The normalized spacial score (nSPS) is 15.9. The van der Waals surface area contributed by atoms with Crippen LogP contribution in [0, 0.1) is 5.82 Å². The Morgan fingerprint density at radius 1 is 1.17 bits per heavy atom. The smallest absolute Gasteiger partial charge is 0.278 e. The molecule has 3 rings (SSSR count). The Morgan fingerprint density at radius 2 is 1.83 bits per heavy atom. The minimum atomic E-state index is -0.371. The van der Waals surface area contributed by atoms with E-state index < -0.39 is 0 Å². The molecule has 2 aromatic rings. The number of carbonyl (C=O) groups excluding carboxylic acids is 1. The van der Waals surface area contributed by atoms with Crippen molar-refractivity contribution in [2.75, 3.05) is 46.9 Å². The number of methoxy groups -OCH3 is 1. The second-order valence-electron chi connectivity index (χ2n) is 7.71. The lowest BCUT2D eigenvalue weighted by Crippen LogP contribution is -3.14. The van der Waals surface area contributed by atoms with Crippen LogP contribution in [-0.4, -0.2) is 57.7 Å². The molecule has 156 valence electrons. The Hall–Kier alpha value is -2.15. The summed E-state index contributed by atoms with van der Waals surface area (Å²) in [5.41, 5.74) is 2.12. The maximum atomic E-state index is 13.8. The molecular formula is C22H29ClFN3O2+2. The van der Waals surface area contributed by atoms with E-state index in [2.05, 4.69) is 12.1 Å². The number of benzene rings is 2. The van der Waals surface area contributed by atoms with Crippen molar-refractivity contribution in [2.45, 2.75) is 13.1 Å². The summed E-state index contributed by atoms with van der Waals surface area (Å²) in [6.07, 6.45) is 0. The van der Waals surface area contributed by atoms with Gasteiger partial charge in [-0.3, -0.25) is 4.79 Å². The van der Waals surface area contributed by atoms with Gasteiger partial charge in [0.15, 0.2) is 18.1 Å². The largest absolute Gasteiger partial charge is 0.494 e. The van der Waals surface area contributed by atoms with Crippen LogP contribution in [0.5, 0.6) is 5.75 Å². The lowest BCUT2D eigenvalue weighted by Gasteiger charge is -2.32. The van der Waals surface area contributed by atoms with E-state index in [1.807, 2.05) is 30.1 Å². The highest BCUT2D eigenvalue weighted by Gasteiger charge is 2.25. The molecule has 1 amide bonds. The van der Waals surface area contributed by atoms with E-state index in [-0.39, 0.29) is 17.5 Å². The SMILES string of the molecule is COc1ccc(C[NH+](C)CC(=O)N2CC[NH+](Cc3ccc(Cl)cc3)CC2)cc1F. The first-order valence-electron chi connectivity index (χ1n) is 9.94. The molecule has 2 aromatic carbocycles. The molecule has 1 unspecified atom stereocenters. The fraction of sp³-hybridized carbons (Fsp3) is 0.409. The van der Waals surface area contributed by atoms with Gasteiger partial charge < -0.3 is 19.4 Å². The zero-order valence-electron chi connectivity index (χ0n) is 17.0. The first kappa shape index (κ1) is 21.6. The minimum absolute atomic E-state index is 0.155. The van der Waals surface area contributed by atoms with E-state index in [0.717, 1.165) is 48.2 Å². The van der Waals surface area contributed by atoms with Gasteiger partial charge in [-0.15, -0.1) is 0 Å². The zero-order valence-corrected chi connectivity index (χ0v) is 17.8. The molecule has 7 heteroatoms. The molecule has 1 heterocycles. The third-order valence-corrected chi connectivity index (χ3v) is 5.62. The Labute approximate surface area is 176 Å². The second-order valence-corrected chi connectivity index (χ2v) is 8.15. The van der Waals surface area contributed by atoms with Crippen molar-refractivity contribution < 1.29 is 23.7 Å². The van der Waals surface area contributed by atoms with Crippen molar-refractivity contribution >= 4 is 17.5 Å². The van der Waals surface area contributed by atoms with Gasteiger partial charge in [0, 0.05) is 16.1 Å². The molecule has 2 N–H and O–H groups in total. The van der Waals surface area contributed by atoms with Crippen LogP contribution in [-0.2, 0) is 17.9 Å². The first-order valence-corrected chi connectivity index (χ1v) is 10.3. The second kappa shape index (κ2) is 10.1. The van der Waals surface area contributed by atoms with Gasteiger partial charge in [-0.1, -0.05) is 23.7 Å². The van der Waals surface area contributed by atoms with Gasteiger partial charge in [-0.25, -0.2) is 4.39 Å². The molecule has 1 aliphatic rings. The molecular weight excluding hydrogens is 393 g/mol. The number of halogens is 2. The van der Waals surface area contributed by atoms with Gasteiger partial charge in [0.1, 0.15) is 13.1 Å². The number of nitrogens with zero attached hydrogens (tertiary/aromatic N) is 1. The molecule has 1 aliphatic heterocycles. The number of likely N-dealkylation sites (N-methyl/N-ethyl adjacent to an activating group) is 1.